The molecule has 1 amide bonds. The SMILES string of the molecule is CCc1cccnc1CNC(=O)C1(C#N)CCC1. The molecule has 2 rings (SSSR count). The molecule has 0 aliphatic heterocycles. The molecule has 0 unspecified atom stereocenters. The van der Waals surface area contributed by atoms with E-state index in [0.29, 0.717) is 19.4 Å². The Balaban J connectivity index is 2.00. The number of nitrogens with one attached hydrogen (secondary N) is 1. The summed E-state index contributed by atoms with van der Waals surface area (Å²) in [5, 5.41) is 11.9. The number of nitrogens with zero attached hydrogens (tertiary/aromatic N) is 2. The summed E-state index contributed by atoms with van der Waals surface area (Å²) in [5.41, 5.74) is 1.25. The van der Waals surface area contributed by atoms with Crippen molar-refractivity contribution in [1.29, 1.82) is 5.26 Å². The van der Waals surface area contributed by atoms with Gasteiger partial charge in [0.1, 0.15) is 5.41 Å². The largest absolute Gasteiger partial charge is 0.349 e. The van der Waals surface area contributed by atoms with Crippen LogP contribution in [-0.4, -0.2) is 10.9 Å². The Kier molecular flexibility index (Phi) is 3.61. The average Bonchev–Trinajstić information content (AvgIpc) is 2.36. The Bertz CT molecular complexity index is 486. The van der Waals surface area contributed by atoms with Crippen molar-refractivity contribution in [2.45, 2.75) is 39.2 Å². The molecule has 4 nitrogen and oxygen atoms in total. The molecule has 1 aliphatic carbocycles. The lowest BCUT2D eigenvalue weighted by atomic mass is 9.69. The molecule has 0 radical (unpaired) electrons. The summed E-state index contributed by atoms with van der Waals surface area (Å²) >= 11 is 0. The summed E-state index contributed by atoms with van der Waals surface area (Å²) < 4.78 is 0. The number of amides is 1. The molecule has 0 aromatic carbocycles. The van der Waals surface area contributed by atoms with Gasteiger partial charge in [-0.1, -0.05) is 13.0 Å². The first-order valence-electron chi connectivity index (χ1n) is 6.34. The smallest absolute Gasteiger partial charge is 0.240 e. The van der Waals surface area contributed by atoms with Gasteiger partial charge < -0.3 is 5.32 Å². The van der Waals surface area contributed by atoms with Crippen LogP contribution in [0.15, 0.2) is 18.3 Å². The standard InChI is InChI=1S/C14H17N3O/c1-2-11-5-3-8-16-12(11)9-17-13(18)14(10-15)6-4-7-14/h3,5,8H,2,4,6-7,9H2,1H3,(H,17,18). The third-order valence-electron chi connectivity index (χ3n) is 3.64. The maximum absolute atomic E-state index is 12.0. The van der Waals surface area contributed by atoms with E-state index in [1.54, 1.807) is 6.20 Å². The van der Waals surface area contributed by atoms with Crippen LogP contribution >= 0.6 is 0 Å². The predicted molar refractivity (Wildman–Crippen MR) is 67.4 cm³/mol. The maximum atomic E-state index is 12.0. The lowest BCUT2D eigenvalue weighted by Crippen LogP contribution is -2.44. The summed E-state index contributed by atoms with van der Waals surface area (Å²) in [7, 11) is 0. The van der Waals surface area contributed by atoms with Crippen LogP contribution in [0.5, 0.6) is 0 Å². The first-order valence-corrected chi connectivity index (χ1v) is 6.34. The maximum Gasteiger partial charge on any atom is 0.240 e. The molecular formula is C14H17N3O. The van der Waals surface area contributed by atoms with Crippen molar-refractivity contribution in [3.63, 3.8) is 0 Å². The van der Waals surface area contributed by atoms with Crippen molar-refractivity contribution in [1.82, 2.24) is 10.3 Å². The van der Waals surface area contributed by atoms with Gasteiger partial charge in [0.15, 0.2) is 0 Å². The van der Waals surface area contributed by atoms with Gasteiger partial charge in [0.2, 0.25) is 5.91 Å². The molecule has 4 heteroatoms. The van der Waals surface area contributed by atoms with E-state index >= 15 is 0 Å². The third kappa shape index (κ3) is 2.21. The lowest BCUT2D eigenvalue weighted by Gasteiger charge is -2.33. The Morgan fingerprint density at radius 2 is 2.39 bits per heavy atom. The van der Waals surface area contributed by atoms with E-state index in [4.69, 9.17) is 5.26 Å². The fraction of sp³-hybridized carbons (Fsp3) is 0.500. The van der Waals surface area contributed by atoms with Gasteiger partial charge in [-0.3, -0.25) is 9.78 Å². The average molecular weight is 243 g/mol. The molecule has 1 fully saturated rings. The van der Waals surface area contributed by atoms with Gasteiger partial charge >= 0.3 is 0 Å². The number of nitriles is 1. The fourth-order valence-corrected chi connectivity index (χ4v) is 2.21. The quantitative estimate of drug-likeness (QED) is 0.879. The minimum atomic E-state index is -0.777. The van der Waals surface area contributed by atoms with Gasteiger partial charge in [0, 0.05) is 6.20 Å². The number of rotatable bonds is 4. The van der Waals surface area contributed by atoms with Crippen LogP contribution in [0.25, 0.3) is 0 Å². The zero-order valence-corrected chi connectivity index (χ0v) is 10.6. The molecule has 1 heterocycles. The van der Waals surface area contributed by atoms with Crippen molar-refractivity contribution < 1.29 is 4.79 Å². The van der Waals surface area contributed by atoms with Crippen LogP contribution in [0.3, 0.4) is 0 Å². The first kappa shape index (κ1) is 12.6. The molecule has 1 N–H and O–H groups in total. The number of pyridine rings is 1. The number of aryl methyl sites for hydroxylation is 1. The Morgan fingerprint density at radius 3 is 2.94 bits per heavy atom. The van der Waals surface area contributed by atoms with Crippen LogP contribution in [0, 0.1) is 16.7 Å². The van der Waals surface area contributed by atoms with E-state index in [1.165, 1.54) is 0 Å². The molecule has 1 aromatic rings. The monoisotopic (exact) mass is 243 g/mol. The summed E-state index contributed by atoms with van der Waals surface area (Å²) in [5.74, 6) is -0.149. The van der Waals surface area contributed by atoms with Crippen LogP contribution in [0.2, 0.25) is 0 Å². The van der Waals surface area contributed by atoms with E-state index in [2.05, 4.69) is 23.3 Å². The molecule has 0 spiro atoms. The fourth-order valence-electron chi connectivity index (χ4n) is 2.21. The second kappa shape index (κ2) is 5.18. The van der Waals surface area contributed by atoms with Crippen molar-refractivity contribution in [3.8, 4) is 6.07 Å². The topological polar surface area (TPSA) is 65.8 Å². The van der Waals surface area contributed by atoms with Crippen LogP contribution in [0.1, 0.15) is 37.4 Å². The summed E-state index contributed by atoms with van der Waals surface area (Å²) in [6.45, 7) is 2.47. The van der Waals surface area contributed by atoms with Crippen molar-refractivity contribution in [2.24, 2.45) is 5.41 Å². The number of hydrogen-bond donors (Lipinski definition) is 1. The molecule has 94 valence electrons. The van der Waals surface area contributed by atoms with Gasteiger partial charge in [0.25, 0.3) is 0 Å². The molecular weight excluding hydrogens is 226 g/mol. The lowest BCUT2D eigenvalue weighted by molar-refractivity contribution is -0.131. The van der Waals surface area contributed by atoms with E-state index < -0.39 is 5.41 Å². The van der Waals surface area contributed by atoms with E-state index in [9.17, 15) is 4.79 Å². The number of carbonyl (C=O) groups excluding carboxylic acids is 1. The molecule has 0 atom stereocenters. The molecule has 1 saturated carbocycles. The normalized spacial score (nSPS) is 16.4. The Hall–Kier alpha value is -1.89. The van der Waals surface area contributed by atoms with E-state index in [-0.39, 0.29) is 5.91 Å². The van der Waals surface area contributed by atoms with Crippen molar-refractivity contribution in [2.75, 3.05) is 0 Å². The van der Waals surface area contributed by atoms with Crippen LogP contribution in [-0.2, 0) is 17.8 Å². The van der Waals surface area contributed by atoms with Crippen LogP contribution < -0.4 is 5.32 Å². The minimum Gasteiger partial charge on any atom is -0.349 e. The second-order valence-electron chi connectivity index (χ2n) is 4.69. The molecule has 18 heavy (non-hydrogen) atoms. The molecule has 0 bridgehead atoms. The van der Waals surface area contributed by atoms with Gasteiger partial charge in [-0.25, -0.2) is 0 Å². The van der Waals surface area contributed by atoms with E-state index in [1.807, 2.05) is 12.1 Å². The molecule has 0 saturated heterocycles. The zero-order valence-electron chi connectivity index (χ0n) is 10.6. The van der Waals surface area contributed by atoms with E-state index in [0.717, 1.165) is 24.1 Å². The van der Waals surface area contributed by atoms with Crippen molar-refractivity contribution >= 4 is 5.91 Å². The predicted octanol–water partition coefficient (Wildman–Crippen LogP) is 1.95. The summed E-state index contributed by atoms with van der Waals surface area (Å²) in [4.78, 5) is 16.3. The Morgan fingerprint density at radius 1 is 1.61 bits per heavy atom. The van der Waals surface area contributed by atoms with Gasteiger partial charge in [-0.2, -0.15) is 5.26 Å². The molecule has 1 aromatic heterocycles. The number of hydrogen-bond acceptors (Lipinski definition) is 3. The molecule has 1 aliphatic rings. The van der Waals surface area contributed by atoms with Gasteiger partial charge in [-0.05, 0) is 37.3 Å². The summed E-state index contributed by atoms with van der Waals surface area (Å²) in [6, 6.07) is 6.05. The van der Waals surface area contributed by atoms with Gasteiger partial charge in [-0.15, -0.1) is 0 Å². The highest BCUT2D eigenvalue weighted by atomic mass is 16.2. The number of carbonyl (C=O) groups is 1. The first-order chi connectivity index (χ1) is 8.72. The van der Waals surface area contributed by atoms with Gasteiger partial charge in [0.05, 0.1) is 18.3 Å². The minimum absolute atomic E-state index is 0.149. The highest BCUT2D eigenvalue weighted by molar-refractivity contribution is 5.86. The second-order valence-corrected chi connectivity index (χ2v) is 4.69. The summed E-state index contributed by atoms with van der Waals surface area (Å²) in [6.07, 6.45) is 4.94. The Labute approximate surface area is 107 Å². The van der Waals surface area contributed by atoms with Crippen molar-refractivity contribution in [3.05, 3.63) is 29.6 Å². The third-order valence-corrected chi connectivity index (χ3v) is 3.64. The highest BCUT2D eigenvalue weighted by Gasteiger charge is 2.44. The highest BCUT2D eigenvalue weighted by Crippen LogP contribution is 2.40. The van der Waals surface area contributed by atoms with Crippen LogP contribution in [0.4, 0.5) is 0 Å². The number of aromatic nitrogens is 1. The zero-order chi connectivity index (χ0) is 13.0.